The van der Waals surface area contributed by atoms with Gasteiger partial charge in [0.25, 0.3) is 0 Å². The molecule has 1 saturated heterocycles. The van der Waals surface area contributed by atoms with Gasteiger partial charge in [0, 0.05) is 16.6 Å². The summed E-state index contributed by atoms with van der Waals surface area (Å²) in [5.74, 6) is 0.963. The topological polar surface area (TPSA) is 12.5 Å². The van der Waals surface area contributed by atoms with E-state index < -0.39 is 0 Å². The number of halogens is 1. The van der Waals surface area contributed by atoms with Crippen molar-refractivity contribution in [1.82, 2.24) is 4.90 Å². The number of benzene rings is 1. The van der Waals surface area contributed by atoms with Crippen molar-refractivity contribution in [3.05, 3.63) is 28.7 Å². The second kappa shape index (κ2) is 5.62. The molecule has 3 heteroatoms. The van der Waals surface area contributed by atoms with Gasteiger partial charge < -0.3 is 4.74 Å². The standard InChI is InChI=1S/C15H22BrNO/c1-15(2,3)17-9-5-8-14(11-17)18-13-7-4-6-12(16)10-13/h4,6-7,10,14H,5,8-9,11H2,1-3H3. The first-order chi connectivity index (χ1) is 8.45. The lowest BCUT2D eigenvalue weighted by Gasteiger charge is -2.41. The zero-order valence-corrected chi connectivity index (χ0v) is 13.0. The zero-order chi connectivity index (χ0) is 13.2. The molecule has 0 saturated carbocycles. The van der Waals surface area contributed by atoms with E-state index in [-0.39, 0.29) is 5.54 Å². The molecule has 1 unspecified atom stereocenters. The van der Waals surface area contributed by atoms with Crippen LogP contribution in [-0.4, -0.2) is 29.6 Å². The number of ether oxygens (including phenoxy) is 1. The average Bonchev–Trinajstić information content (AvgIpc) is 2.28. The fraction of sp³-hybridized carbons (Fsp3) is 0.600. The molecule has 1 heterocycles. The van der Waals surface area contributed by atoms with E-state index in [1.807, 2.05) is 24.3 Å². The van der Waals surface area contributed by atoms with Crippen LogP contribution in [-0.2, 0) is 0 Å². The maximum Gasteiger partial charge on any atom is 0.120 e. The molecule has 100 valence electrons. The van der Waals surface area contributed by atoms with Crippen LogP contribution in [0.2, 0.25) is 0 Å². The van der Waals surface area contributed by atoms with Gasteiger partial charge in [-0.3, -0.25) is 4.90 Å². The van der Waals surface area contributed by atoms with Gasteiger partial charge in [0.1, 0.15) is 11.9 Å². The fourth-order valence-electron chi connectivity index (χ4n) is 2.38. The number of nitrogens with zero attached hydrogens (tertiary/aromatic N) is 1. The molecule has 1 aromatic carbocycles. The lowest BCUT2D eigenvalue weighted by atomic mass is 9.99. The minimum absolute atomic E-state index is 0.235. The molecule has 2 rings (SSSR count). The van der Waals surface area contributed by atoms with Crippen molar-refractivity contribution in [3.63, 3.8) is 0 Å². The number of likely N-dealkylation sites (tertiary alicyclic amines) is 1. The molecule has 0 spiro atoms. The summed E-state index contributed by atoms with van der Waals surface area (Å²) >= 11 is 3.48. The Bertz CT molecular complexity index is 400. The van der Waals surface area contributed by atoms with Crippen molar-refractivity contribution in [3.8, 4) is 5.75 Å². The van der Waals surface area contributed by atoms with E-state index in [4.69, 9.17) is 4.74 Å². The van der Waals surface area contributed by atoms with Gasteiger partial charge in [-0.25, -0.2) is 0 Å². The van der Waals surface area contributed by atoms with Gasteiger partial charge in [0.05, 0.1) is 0 Å². The highest BCUT2D eigenvalue weighted by Gasteiger charge is 2.28. The number of rotatable bonds is 2. The van der Waals surface area contributed by atoms with Crippen molar-refractivity contribution in [2.75, 3.05) is 13.1 Å². The van der Waals surface area contributed by atoms with Gasteiger partial charge in [0.15, 0.2) is 0 Å². The van der Waals surface area contributed by atoms with Crippen molar-refractivity contribution in [2.45, 2.75) is 45.3 Å². The molecule has 1 aliphatic rings. The summed E-state index contributed by atoms with van der Waals surface area (Å²) in [7, 11) is 0. The highest BCUT2D eigenvalue weighted by molar-refractivity contribution is 9.10. The van der Waals surface area contributed by atoms with Crippen LogP contribution in [0.5, 0.6) is 5.75 Å². The van der Waals surface area contributed by atoms with E-state index >= 15 is 0 Å². The smallest absolute Gasteiger partial charge is 0.120 e. The summed E-state index contributed by atoms with van der Waals surface area (Å²) in [6.45, 7) is 9.02. The van der Waals surface area contributed by atoms with Crippen LogP contribution in [0.25, 0.3) is 0 Å². The van der Waals surface area contributed by atoms with Crippen LogP contribution in [0, 0.1) is 0 Å². The van der Waals surface area contributed by atoms with Crippen LogP contribution in [0.1, 0.15) is 33.6 Å². The van der Waals surface area contributed by atoms with E-state index in [0.717, 1.165) is 23.2 Å². The predicted octanol–water partition coefficient (Wildman–Crippen LogP) is 4.09. The Labute approximate surface area is 118 Å². The van der Waals surface area contributed by atoms with Crippen LogP contribution in [0.3, 0.4) is 0 Å². The molecule has 1 aliphatic heterocycles. The number of hydrogen-bond donors (Lipinski definition) is 0. The Balaban J connectivity index is 1.98. The lowest BCUT2D eigenvalue weighted by molar-refractivity contribution is 0.0346. The Morgan fingerprint density at radius 1 is 1.33 bits per heavy atom. The van der Waals surface area contributed by atoms with E-state index in [1.165, 1.54) is 13.0 Å². The van der Waals surface area contributed by atoms with Crippen molar-refractivity contribution < 1.29 is 4.74 Å². The summed E-state index contributed by atoms with van der Waals surface area (Å²) in [4.78, 5) is 2.51. The minimum Gasteiger partial charge on any atom is -0.489 e. The fourth-order valence-corrected chi connectivity index (χ4v) is 2.75. The average molecular weight is 312 g/mol. The molecule has 1 aromatic rings. The summed E-state index contributed by atoms with van der Waals surface area (Å²) in [6.07, 6.45) is 2.68. The van der Waals surface area contributed by atoms with Gasteiger partial charge in [-0.1, -0.05) is 22.0 Å². The second-order valence-electron chi connectivity index (χ2n) is 5.96. The molecule has 18 heavy (non-hydrogen) atoms. The molecule has 0 bridgehead atoms. The van der Waals surface area contributed by atoms with E-state index in [1.54, 1.807) is 0 Å². The van der Waals surface area contributed by atoms with Crippen LogP contribution < -0.4 is 4.74 Å². The number of piperidine rings is 1. The van der Waals surface area contributed by atoms with E-state index in [9.17, 15) is 0 Å². The highest BCUT2D eigenvalue weighted by atomic mass is 79.9. The maximum atomic E-state index is 6.09. The Morgan fingerprint density at radius 3 is 2.78 bits per heavy atom. The molecular formula is C15H22BrNO. The molecule has 0 aromatic heterocycles. The highest BCUT2D eigenvalue weighted by Crippen LogP contribution is 2.25. The van der Waals surface area contributed by atoms with Crippen molar-refractivity contribution in [1.29, 1.82) is 0 Å². The SMILES string of the molecule is CC(C)(C)N1CCCC(Oc2cccc(Br)c2)C1. The van der Waals surface area contributed by atoms with Crippen LogP contribution in [0.15, 0.2) is 28.7 Å². The van der Waals surface area contributed by atoms with Crippen molar-refractivity contribution >= 4 is 15.9 Å². The lowest BCUT2D eigenvalue weighted by Crippen LogP contribution is -2.50. The quantitative estimate of drug-likeness (QED) is 0.815. The molecule has 0 aliphatic carbocycles. The maximum absolute atomic E-state index is 6.09. The first-order valence-corrected chi connectivity index (χ1v) is 7.42. The molecular weight excluding hydrogens is 290 g/mol. The summed E-state index contributed by atoms with van der Waals surface area (Å²) in [5.41, 5.74) is 0.235. The Morgan fingerprint density at radius 2 is 2.11 bits per heavy atom. The third-order valence-electron chi connectivity index (χ3n) is 3.43. The monoisotopic (exact) mass is 311 g/mol. The third kappa shape index (κ3) is 3.72. The van der Waals surface area contributed by atoms with Crippen LogP contribution >= 0.6 is 15.9 Å². The third-order valence-corrected chi connectivity index (χ3v) is 3.92. The summed E-state index contributed by atoms with van der Waals surface area (Å²) in [6, 6.07) is 8.11. The second-order valence-corrected chi connectivity index (χ2v) is 6.87. The molecule has 0 radical (unpaired) electrons. The largest absolute Gasteiger partial charge is 0.489 e. The number of hydrogen-bond acceptors (Lipinski definition) is 2. The van der Waals surface area contributed by atoms with Gasteiger partial charge >= 0.3 is 0 Å². The van der Waals surface area contributed by atoms with Gasteiger partial charge in [-0.05, 0) is 58.4 Å². The minimum atomic E-state index is 0.235. The van der Waals surface area contributed by atoms with Crippen LogP contribution in [0.4, 0.5) is 0 Å². The molecule has 1 fully saturated rings. The van der Waals surface area contributed by atoms with Gasteiger partial charge in [0.2, 0.25) is 0 Å². The normalized spacial score (nSPS) is 21.9. The predicted molar refractivity (Wildman–Crippen MR) is 79.1 cm³/mol. The first-order valence-electron chi connectivity index (χ1n) is 6.62. The Kier molecular flexibility index (Phi) is 4.33. The first kappa shape index (κ1) is 13.9. The Hall–Kier alpha value is -0.540. The summed E-state index contributed by atoms with van der Waals surface area (Å²) < 4.78 is 7.16. The molecule has 0 amide bonds. The van der Waals surface area contributed by atoms with E-state index in [0.29, 0.717) is 6.10 Å². The zero-order valence-electron chi connectivity index (χ0n) is 11.4. The summed E-state index contributed by atoms with van der Waals surface area (Å²) in [5, 5.41) is 0. The molecule has 0 N–H and O–H groups in total. The molecule has 1 atom stereocenters. The van der Waals surface area contributed by atoms with Gasteiger partial charge in [-0.2, -0.15) is 0 Å². The van der Waals surface area contributed by atoms with Gasteiger partial charge in [-0.15, -0.1) is 0 Å². The van der Waals surface area contributed by atoms with E-state index in [2.05, 4.69) is 41.6 Å². The molecule has 2 nitrogen and oxygen atoms in total. The van der Waals surface area contributed by atoms with Crippen molar-refractivity contribution in [2.24, 2.45) is 0 Å².